The van der Waals surface area contributed by atoms with E-state index < -0.39 is 0 Å². The first-order valence-corrected chi connectivity index (χ1v) is 5.38. The van der Waals surface area contributed by atoms with Crippen LogP contribution in [0.3, 0.4) is 0 Å². The molecule has 0 saturated carbocycles. The zero-order chi connectivity index (χ0) is 10.4. The summed E-state index contributed by atoms with van der Waals surface area (Å²) in [4.78, 5) is 5.06. The van der Waals surface area contributed by atoms with E-state index in [9.17, 15) is 4.39 Å². The summed E-state index contributed by atoms with van der Waals surface area (Å²) in [6, 6.07) is 6.35. The lowest BCUT2D eigenvalue weighted by Gasteiger charge is -2.00. The second-order valence-electron chi connectivity index (χ2n) is 2.71. The van der Waals surface area contributed by atoms with Gasteiger partial charge in [-0.15, -0.1) is 11.8 Å². The largest absolute Gasteiger partial charge is 0.387 e. The van der Waals surface area contributed by atoms with Crippen molar-refractivity contribution >= 4 is 17.6 Å². The zero-order valence-corrected chi connectivity index (χ0v) is 8.85. The number of thioether (sulfide) groups is 1. The van der Waals surface area contributed by atoms with Crippen molar-refractivity contribution < 1.29 is 4.39 Å². The van der Waals surface area contributed by atoms with E-state index in [4.69, 9.17) is 5.73 Å². The molecule has 2 N–H and O–H groups in total. The highest BCUT2D eigenvalue weighted by atomic mass is 32.2. The maximum atomic E-state index is 12.5. The Labute approximate surface area is 87.4 Å². The van der Waals surface area contributed by atoms with E-state index in [1.54, 1.807) is 23.9 Å². The van der Waals surface area contributed by atoms with Gasteiger partial charge in [0.15, 0.2) is 0 Å². The summed E-state index contributed by atoms with van der Waals surface area (Å²) < 4.78 is 12.5. The molecule has 0 saturated heterocycles. The topological polar surface area (TPSA) is 38.4 Å². The van der Waals surface area contributed by atoms with Crippen molar-refractivity contribution in [1.29, 1.82) is 0 Å². The molecule has 0 radical (unpaired) electrons. The molecule has 14 heavy (non-hydrogen) atoms. The first kappa shape index (κ1) is 11.0. The van der Waals surface area contributed by atoms with Crippen LogP contribution in [-0.2, 0) is 0 Å². The molecule has 0 unspecified atom stereocenters. The summed E-state index contributed by atoms with van der Waals surface area (Å²) in [5.41, 5.74) is 5.62. The minimum absolute atomic E-state index is 0.218. The SMILES string of the molecule is CCN=C(N)CSc1ccc(F)cc1. The number of rotatable bonds is 4. The van der Waals surface area contributed by atoms with E-state index in [1.165, 1.54) is 12.1 Å². The van der Waals surface area contributed by atoms with Crippen LogP contribution in [-0.4, -0.2) is 18.1 Å². The quantitative estimate of drug-likeness (QED) is 0.472. The molecule has 1 aromatic carbocycles. The van der Waals surface area contributed by atoms with Gasteiger partial charge < -0.3 is 5.73 Å². The fourth-order valence-corrected chi connectivity index (χ4v) is 1.67. The van der Waals surface area contributed by atoms with Crippen molar-refractivity contribution in [1.82, 2.24) is 0 Å². The third-order valence-corrected chi connectivity index (χ3v) is 2.61. The first-order chi connectivity index (χ1) is 6.72. The molecule has 0 fully saturated rings. The smallest absolute Gasteiger partial charge is 0.123 e. The Kier molecular flexibility index (Phi) is 4.46. The molecular weight excluding hydrogens is 199 g/mol. The maximum Gasteiger partial charge on any atom is 0.123 e. The molecule has 0 aliphatic heterocycles. The van der Waals surface area contributed by atoms with Gasteiger partial charge in [-0.3, -0.25) is 4.99 Å². The fraction of sp³-hybridized carbons (Fsp3) is 0.300. The molecule has 2 nitrogen and oxygen atoms in total. The maximum absolute atomic E-state index is 12.5. The van der Waals surface area contributed by atoms with E-state index >= 15 is 0 Å². The number of benzene rings is 1. The van der Waals surface area contributed by atoms with E-state index in [0.717, 1.165) is 4.90 Å². The predicted molar refractivity (Wildman–Crippen MR) is 59.3 cm³/mol. The summed E-state index contributed by atoms with van der Waals surface area (Å²) >= 11 is 1.55. The van der Waals surface area contributed by atoms with Crippen LogP contribution in [0.2, 0.25) is 0 Å². The lowest BCUT2D eigenvalue weighted by molar-refractivity contribution is 0.626. The van der Waals surface area contributed by atoms with Gasteiger partial charge >= 0.3 is 0 Å². The van der Waals surface area contributed by atoms with Gasteiger partial charge in [0, 0.05) is 11.4 Å². The number of hydrogen-bond donors (Lipinski definition) is 1. The molecule has 0 aliphatic rings. The molecular formula is C10H13FN2S. The van der Waals surface area contributed by atoms with Gasteiger partial charge in [0.2, 0.25) is 0 Å². The molecule has 0 spiro atoms. The molecule has 4 heteroatoms. The number of aliphatic imine (C=N–C) groups is 1. The second kappa shape index (κ2) is 5.65. The Morgan fingerprint density at radius 1 is 1.43 bits per heavy atom. The molecule has 0 aromatic heterocycles. The Morgan fingerprint density at radius 2 is 2.07 bits per heavy atom. The Bertz CT molecular complexity index is 308. The van der Waals surface area contributed by atoms with E-state index in [0.29, 0.717) is 18.1 Å². The third kappa shape index (κ3) is 3.79. The van der Waals surface area contributed by atoms with Gasteiger partial charge in [0.25, 0.3) is 0 Å². The van der Waals surface area contributed by atoms with Gasteiger partial charge in [-0.25, -0.2) is 4.39 Å². The third-order valence-electron chi connectivity index (χ3n) is 1.56. The van der Waals surface area contributed by atoms with Crippen LogP contribution in [0.4, 0.5) is 4.39 Å². The Hall–Kier alpha value is -1.03. The van der Waals surface area contributed by atoms with Crippen molar-refractivity contribution in [3.63, 3.8) is 0 Å². The minimum atomic E-state index is -0.218. The first-order valence-electron chi connectivity index (χ1n) is 4.39. The summed E-state index contributed by atoms with van der Waals surface area (Å²) in [5.74, 6) is 1.06. The number of amidine groups is 1. The van der Waals surface area contributed by atoms with E-state index in [2.05, 4.69) is 4.99 Å². The summed E-state index contributed by atoms with van der Waals surface area (Å²) in [5, 5.41) is 0. The lowest BCUT2D eigenvalue weighted by Crippen LogP contribution is -2.14. The molecule has 0 aliphatic carbocycles. The monoisotopic (exact) mass is 212 g/mol. The molecule has 0 amide bonds. The molecule has 0 heterocycles. The van der Waals surface area contributed by atoms with Gasteiger partial charge in [-0.2, -0.15) is 0 Å². The highest BCUT2D eigenvalue weighted by Gasteiger charge is 1.96. The fourth-order valence-electron chi connectivity index (χ4n) is 0.937. The van der Waals surface area contributed by atoms with Crippen LogP contribution < -0.4 is 5.73 Å². The van der Waals surface area contributed by atoms with Crippen LogP contribution in [0, 0.1) is 5.82 Å². The zero-order valence-electron chi connectivity index (χ0n) is 8.03. The normalized spacial score (nSPS) is 11.7. The van der Waals surface area contributed by atoms with Gasteiger partial charge in [0.1, 0.15) is 11.7 Å². The minimum Gasteiger partial charge on any atom is -0.387 e. The Balaban J connectivity index is 2.46. The van der Waals surface area contributed by atoms with Crippen molar-refractivity contribution in [2.45, 2.75) is 11.8 Å². The average molecular weight is 212 g/mol. The van der Waals surface area contributed by atoms with Crippen LogP contribution in [0.25, 0.3) is 0 Å². The Morgan fingerprint density at radius 3 is 2.64 bits per heavy atom. The number of halogens is 1. The van der Waals surface area contributed by atoms with E-state index in [-0.39, 0.29) is 5.82 Å². The number of nitrogens with zero attached hydrogens (tertiary/aromatic N) is 1. The molecule has 0 bridgehead atoms. The summed E-state index contributed by atoms with van der Waals surface area (Å²) in [6.07, 6.45) is 0. The summed E-state index contributed by atoms with van der Waals surface area (Å²) in [6.45, 7) is 2.64. The van der Waals surface area contributed by atoms with Crippen LogP contribution in [0.1, 0.15) is 6.92 Å². The highest BCUT2D eigenvalue weighted by Crippen LogP contribution is 2.17. The number of nitrogens with two attached hydrogens (primary N) is 1. The predicted octanol–water partition coefficient (Wildman–Crippen LogP) is 2.29. The van der Waals surface area contributed by atoms with Gasteiger partial charge in [-0.05, 0) is 31.2 Å². The summed E-state index contributed by atoms with van der Waals surface area (Å²) in [7, 11) is 0. The highest BCUT2D eigenvalue weighted by molar-refractivity contribution is 8.00. The number of hydrogen-bond acceptors (Lipinski definition) is 2. The molecule has 1 aromatic rings. The van der Waals surface area contributed by atoms with Crippen molar-refractivity contribution in [3.05, 3.63) is 30.1 Å². The van der Waals surface area contributed by atoms with Crippen molar-refractivity contribution in [2.24, 2.45) is 10.7 Å². The van der Waals surface area contributed by atoms with Crippen molar-refractivity contribution in [3.8, 4) is 0 Å². The second-order valence-corrected chi connectivity index (χ2v) is 3.76. The van der Waals surface area contributed by atoms with Crippen molar-refractivity contribution in [2.75, 3.05) is 12.3 Å². The standard InChI is InChI=1S/C10H13FN2S/c1-2-13-10(12)7-14-9-5-3-8(11)4-6-9/h3-6H,2,7H2,1H3,(H2,12,13). The molecule has 0 atom stereocenters. The van der Waals surface area contributed by atoms with Gasteiger partial charge in [0.05, 0.1) is 5.75 Å². The van der Waals surface area contributed by atoms with Gasteiger partial charge in [-0.1, -0.05) is 0 Å². The molecule has 1 rings (SSSR count). The molecule has 76 valence electrons. The van der Waals surface area contributed by atoms with Crippen LogP contribution >= 0.6 is 11.8 Å². The van der Waals surface area contributed by atoms with E-state index in [1.807, 2.05) is 6.92 Å². The average Bonchev–Trinajstić information content (AvgIpc) is 2.17. The lowest BCUT2D eigenvalue weighted by atomic mass is 10.4. The van der Waals surface area contributed by atoms with Crippen LogP contribution in [0.5, 0.6) is 0 Å². The van der Waals surface area contributed by atoms with Crippen LogP contribution in [0.15, 0.2) is 34.2 Å².